The third-order valence-electron chi connectivity index (χ3n) is 16.2. The van der Waals surface area contributed by atoms with Crippen molar-refractivity contribution in [3.8, 4) is 0 Å². The molecule has 3 atom stereocenters. The van der Waals surface area contributed by atoms with Crippen LogP contribution in [0.15, 0.2) is 48.6 Å². The number of hydrogen-bond acceptors (Lipinski definition) is 6. The van der Waals surface area contributed by atoms with Crippen molar-refractivity contribution in [2.45, 2.75) is 366 Å². The van der Waals surface area contributed by atoms with Crippen LogP contribution in [-0.2, 0) is 18.4 Å². The quantitative estimate of drug-likeness (QED) is 0.0272. The van der Waals surface area contributed by atoms with Gasteiger partial charge in [0.25, 0.3) is 7.82 Å². The van der Waals surface area contributed by atoms with Crippen LogP contribution >= 0.6 is 7.82 Å². The van der Waals surface area contributed by atoms with Crippen LogP contribution in [0.2, 0.25) is 0 Å². The van der Waals surface area contributed by atoms with Crippen molar-refractivity contribution in [3.05, 3.63) is 48.6 Å². The van der Waals surface area contributed by atoms with Gasteiger partial charge in [0.05, 0.1) is 39.9 Å². The molecule has 0 aromatic rings. The second-order valence-corrected chi connectivity index (χ2v) is 27.0. The van der Waals surface area contributed by atoms with E-state index in [0.717, 1.165) is 44.9 Å². The summed E-state index contributed by atoms with van der Waals surface area (Å²) in [4.78, 5) is 25.6. The fourth-order valence-corrected chi connectivity index (χ4v) is 11.4. The van der Waals surface area contributed by atoms with Gasteiger partial charge < -0.3 is 28.8 Å². The van der Waals surface area contributed by atoms with Gasteiger partial charge in [-0.15, -0.1) is 0 Å². The van der Waals surface area contributed by atoms with Crippen LogP contribution in [-0.4, -0.2) is 68.5 Å². The molecule has 2 N–H and O–H groups in total. The average molecular weight is 1160 g/mol. The Bertz CT molecular complexity index is 1460. The highest BCUT2D eigenvalue weighted by Crippen LogP contribution is 2.38. The number of likely N-dealkylation sites (N-methyl/N-ethyl adjacent to an activating group) is 1. The minimum atomic E-state index is -4.61. The lowest BCUT2D eigenvalue weighted by atomic mass is 10.0. The number of aliphatic hydroxyl groups is 1. The van der Waals surface area contributed by atoms with Crippen molar-refractivity contribution >= 4 is 13.7 Å². The first-order valence-corrected chi connectivity index (χ1v) is 37.0. The minimum Gasteiger partial charge on any atom is -0.756 e. The van der Waals surface area contributed by atoms with Gasteiger partial charge in [-0.05, 0) is 70.6 Å². The van der Waals surface area contributed by atoms with E-state index < -0.39 is 26.6 Å². The van der Waals surface area contributed by atoms with Gasteiger partial charge in [0, 0.05) is 6.42 Å². The maximum atomic E-state index is 13.0. The van der Waals surface area contributed by atoms with E-state index in [9.17, 15) is 19.4 Å². The molecule has 0 heterocycles. The maximum Gasteiger partial charge on any atom is 0.268 e. The van der Waals surface area contributed by atoms with E-state index in [4.69, 9.17) is 9.05 Å². The normalized spacial score (nSPS) is 13.9. The van der Waals surface area contributed by atoms with Gasteiger partial charge in [-0.25, -0.2) is 0 Å². The standard InChI is InChI=1S/C72H139N2O6P/c1-6-8-10-12-14-16-18-20-22-24-26-28-30-32-33-34-35-36-37-38-39-40-41-42-44-46-48-50-52-54-56-58-60-62-64-66-72(76)73-70(69-80-81(77,78)79-68-67-74(3,4)5)71(75)65-63-61-59-57-55-53-51-49-47-45-43-31-29-27-25-23-21-19-17-15-13-11-9-7-2/h24,26,47,49,55,57,63,65,70-71,75H,6-23,25,27-46,48,50-54,56,58-62,64,66-69H2,1-5H3,(H-,73,76,77,78)/b26-24-,49-47+,57-55+,65-63+. The third kappa shape index (κ3) is 65.9. The summed E-state index contributed by atoms with van der Waals surface area (Å²) < 4.78 is 23.4. The van der Waals surface area contributed by atoms with Gasteiger partial charge in [0.2, 0.25) is 5.91 Å². The molecular formula is C72H139N2O6P. The minimum absolute atomic E-state index is 0.00793. The highest BCUT2D eigenvalue weighted by Gasteiger charge is 2.23. The molecule has 0 bridgehead atoms. The van der Waals surface area contributed by atoms with Gasteiger partial charge in [-0.1, -0.05) is 326 Å². The number of carbonyl (C=O) groups is 1. The van der Waals surface area contributed by atoms with Crippen LogP contribution < -0.4 is 10.2 Å². The summed E-state index contributed by atoms with van der Waals surface area (Å²) in [5, 5.41) is 13.9. The molecule has 478 valence electrons. The zero-order valence-corrected chi connectivity index (χ0v) is 55.6. The smallest absolute Gasteiger partial charge is 0.268 e. The summed E-state index contributed by atoms with van der Waals surface area (Å²) in [6.45, 7) is 4.67. The lowest BCUT2D eigenvalue weighted by molar-refractivity contribution is -0.870. The van der Waals surface area contributed by atoms with Crippen molar-refractivity contribution in [1.82, 2.24) is 5.32 Å². The highest BCUT2D eigenvalue weighted by molar-refractivity contribution is 7.45. The number of carbonyl (C=O) groups excluding carboxylic acids is 1. The lowest BCUT2D eigenvalue weighted by Gasteiger charge is -2.29. The molecule has 0 fully saturated rings. The highest BCUT2D eigenvalue weighted by atomic mass is 31.2. The van der Waals surface area contributed by atoms with Crippen LogP contribution in [0, 0.1) is 0 Å². The van der Waals surface area contributed by atoms with Crippen molar-refractivity contribution in [1.29, 1.82) is 0 Å². The number of phosphoric ester groups is 1. The molecule has 0 saturated carbocycles. The number of nitrogens with one attached hydrogen (secondary N) is 1. The van der Waals surface area contributed by atoms with Crippen LogP contribution in [0.4, 0.5) is 0 Å². The molecule has 81 heavy (non-hydrogen) atoms. The zero-order valence-electron chi connectivity index (χ0n) is 54.8. The predicted molar refractivity (Wildman–Crippen MR) is 353 cm³/mol. The van der Waals surface area contributed by atoms with Crippen LogP contribution in [0.3, 0.4) is 0 Å². The number of aliphatic hydroxyl groups excluding tert-OH is 1. The number of allylic oxidation sites excluding steroid dienone is 7. The summed E-state index contributed by atoms with van der Waals surface area (Å²) in [6.07, 6.45) is 85.4. The van der Waals surface area contributed by atoms with Gasteiger partial charge in [-0.3, -0.25) is 9.36 Å². The summed E-state index contributed by atoms with van der Waals surface area (Å²) >= 11 is 0. The van der Waals surface area contributed by atoms with E-state index in [1.54, 1.807) is 6.08 Å². The Balaban J connectivity index is 4.04. The molecule has 0 spiro atoms. The van der Waals surface area contributed by atoms with Gasteiger partial charge in [-0.2, -0.15) is 0 Å². The van der Waals surface area contributed by atoms with Crippen molar-refractivity contribution < 1.29 is 32.9 Å². The van der Waals surface area contributed by atoms with Gasteiger partial charge >= 0.3 is 0 Å². The number of quaternary nitrogens is 1. The first-order chi connectivity index (χ1) is 39.5. The fourth-order valence-electron chi connectivity index (χ4n) is 10.7. The van der Waals surface area contributed by atoms with E-state index in [1.165, 1.54) is 289 Å². The first-order valence-electron chi connectivity index (χ1n) is 35.5. The number of phosphoric acid groups is 1. The topological polar surface area (TPSA) is 108 Å². The number of rotatable bonds is 66. The molecule has 0 radical (unpaired) electrons. The monoisotopic (exact) mass is 1160 g/mol. The number of hydrogen-bond donors (Lipinski definition) is 2. The Labute approximate surface area is 505 Å². The van der Waals surface area contributed by atoms with Crippen LogP contribution in [0.5, 0.6) is 0 Å². The number of nitrogens with zero attached hydrogens (tertiary/aromatic N) is 1. The van der Waals surface area contributed by atoms with Crippen molar-refractivity contribution in [3.63, 3.8) is 0 Å². The molecule has 0 aliphatic heterocycles. The van der Waals surface area contributed by atoms with E-state index in [-0.39, 0.29) is 12.5 Å². The Morgan fingerprint density at radius 2 is 0.691 bits per heavy atom. The fraction of sp³-hybridized carbons (Fsp3) is 0.875. The molecule has 9 heteroatoms. The van der Waals surface area contributed by atoms with E-state index >= 15 is 0 Å². The van der Waals surface area contributed by atoms with Gasteiger partial charge in [0.15, 0.2) is 0 Å². The predicted octanol–water partition coefficient (Wildman–Crippen LogP) is 22.0. The molecule has 0 aliphatic rings. The van der Waals surface area contributed by atoms with Crippen molar-refractivity contribution in [2.24, 2.45) is 0 Å². The molecule has 0 rings (SSSR count). The maximum absolute atomic E-state index is 13.0. The average Bonchev–Trinajstić information content (AvgIpc) is 3.43. The molecule has 0 saturated heterocycles. The summed E-state index contributed by atoms with van der Waals surface area (Å²) in [6, 6.07) is -0.910. The summed E-state index contributed by atoms with van der Waals surface area (Å²) in [7, 11) is 1.25. The molecule has 3 unspecified atom stereocenters. The Kier molecular flexibility index (Phi) is 61.8. The van der Waals surface area contributed by atoms with Gasteiger partial charge in [0.1, 0.15) is 13.2 Å². The third-order valence-corrected chi connectivity index (χ3v) is 17.2. The molecule has 8 nitrogen and oxygen atoms in total. The largest absolute Gasteiger partial charge is 0.756 e. The van der Waals surface area contributed by atoms with Crippen LogP contribution in [0.1, 0.15) is 354 Å². The molecule has 0 aliphatic carbocycles. The number of amides is 1. The zero-order chi connectivity index (χ0) is 59.1. The SMILES string of the molecule is CCCCCCCCCC/C=C\CCCCCCCCCCCCCCCCCCCCCCCCCC(=O)NC(COP(=O)([O-])OCC[N+](C)(C)C)C(O)/C=C/CC/C=C/CC/C=C/CCCCCCCCCCCCCCCC. The molecule has 1 amide bonds. The molecule has 0 aromatic carbocycles. The molecular weight excluding hydrogens is 1020 g/mol. The second kappa shape index (κ2) is 63.0. The first kappa shape index (κ1) is 79.5. The second-order valence-electron chi connectivity index (χ2n) is 25.6. The Morgan fingerprint density at radius 3 is 1.00 bits per heavy atom. The van der Waals surface area contributed by atoms with E-state index in [0.29, 0.717) is 17.4 Å². The lowest BCUT2D eigenvalue weighted by Crippen LogP contribution is -2.45. The summed E-state index contributed by atoms with van der Waals surface area (Å²) in [5.74, 6) is -0.205. The summed E-state index contributed by atoms with van der Waals surface area (Å²) in [5.41, 5.74) is 0. The Hall–Kier alpha value is -1.54. The number of unbranched alkanes of at least 4 members (excludes halogenated alkanes) is 47. The van der Waals surface area contributed by atoms with E-state index in [1.807, 2.05) is 27.2 Å². The van der Waals surface area contributed by atoms with E-state index in [2.05, 4.69) is 55.6 Å². The Morgan fingerprint density at radius 1 is 0.420 bits per heavy atom. The van der Waals surface area contributed by atoms with Crippen LogP contribution in [0.25, 0.3) is 0 Å². The van der Waals surface area contributed by atoms with Crippen molar-refractivity contribution in [2.75, 3.05) is 40.9 Å². The molecule has 0 aromatic heterocycles.